The lowest BCUT2D eigenvalue weighted by atomic mass is 10.1. The van der Waals surface area contributed by atoms with E-state index in [1.165, 1.54) is 0 Å². The molecule has 0 fully saturated rings. The number of hydrogen-bond donors (Lipinski definition) is 0. The fourth-order valence-corrected chi connectivity index (χ4v) is 2.23. The van der Waals surface area contributed by atoms with Crippen molar-refractivity contribution in [1.82, 2.24) is 0 Å². The first kappa shape index (κ1) is 15.6. The van der Waals surface area contributed by atoms with Gasteiger partial charge in [0.15, 0.2) is 5.78 Å². The van der Waals surface area contributed by atoms with Crippen molar-refractivity contribution in [1.29, 1.82) is 0 Å². The largest absolute Gasteiger partial charge is 0.496 e. The van der Waals surface area contributed by atoms with Crippen molar-refractivity contribution in [2.75, 3.05) is 7.11 Å². The molecular weight excluding hydrogens is 332 g/mol. The van der Waals surface area contributed by atoms with E-state index in [9.17, 15) is 4.79 Å². The highest BCUT2D eigenvalue weighted by Crippen LogP contribution is 2.25. The smallest absolute Gasteiger partial charge is 0.159 e. The molecule has 4 heteroatoms. The molecule has 0 unspecified atom stereocenters. The van der Waals surface area contributed by atoms with Crippen LogP contribution in [-0.2, 0) is 6.61 Å². The third-order valence-corrected chi connectivity index (χ3v) is 4.10. The van der Waals surface area contributed by atoms with E-state index >= 15 is 0 Å². The minimum Gasteiger partial charge on any atom is -0.496 e. The second-order valence-corrected chi connectivity index (χ2v) is 5.64. The van der Waals surface area contributed by atoms with Crippen LogP contribution >= 0.6 is 15.9 Å². The summed E-state index contributed by atoms with van der Waals surface area (Å²) in [6, 6.07) is 11.2. The molecular formula is C17H17BrO3. The predicted octanol–water partition coefficient (Wildman–Crippen LogP) is 4.55. The third kappa shape index (κ3) is 3.85. The Morgan fingerprint density at radius 1 is 1.19 bits per heavy atom. The average molecular weight is 349 g/mol. The van der Waals surface area contributed by atoms with Gasteiger partial charge >= 0.3 is 0 Å². The number of ether oxygens (including phenoxy) is 2. The molecule has 0 radical (unpaired) electrons. The number of rotatable bonds is 5. The van der Waals surface area contributed by atoms with Crippen molar-refractivity contribution >= 4 is 21.7 Å². The van der Waals surface area contributed by atoms with Crippen LogP contribution in [0.15, 0.2) is 40.9 Å². The molecule has 0 aliphatic rings. The molecule has 2 rings (SSSR count). The fourth-order valence-electron chi connectivity index (χ4n) is 1.98. The molecule has 2 aromatic rings. The first-order valence-electron chi connectivity index (χ1n) is 6.58. The Balaban J connectivity index is 2.19. The van der Waals surface area contributed by atoms with Crippen molar-refractivity contribution < 1.29 is 14.3 Å². The Labute approximate surface area is 133 Å². The molecule has 3 nitrogen and oxygen atoms in total. The lowest BCUT2D eigenvalue weighted by Gasteiger charge is -2.12. The van der Waals surface area contributed by atoms with Gasteiger partial charge in [0.1, 0.15) is 18.1 Å². The van der Waals surface area contributed by atoms with E-state index in [2.05, 4.69) is 15.9 Å². The summed E-state index contributed by atoms with van der Waals surface area (Å²) >= 11 is 3.46. The monoisotopic (exact) mass is 348 g/mol. The van der Waals surface area contributed by atoms with Gasteiger partial charge in [0.05, 0.1) is 7.11 Å². The molecule has 0 amide bonds. The number of methoxy groups -OCH3 is 1. The van der Waals surface area contributed by atoms with Crippen LogP contribution in [0, 0.1) is 6.92 Å². The molecule has 0 aromatic heterocycles. The van der Waals surface area contributed by atoms with E-state index < -0.39 is 0 Å². The molecule has 0 saturated heterocycles. The highest BCUT2D eigenvalue weighted by atomic mass is 79.9. The molecule has 0 N–H and O–H groups in total. The quantitative estimate of drug-likeness (QED) is 0.743. The maximum atomic E-state index is 11.5. The van der Waals surface area contributed by atoms with Gasteiger partial charge in [0.25, 0.3) is 0 Å². The van der Waals surface area contributed by atoms with Gasteiger partial charge in [-0.15, -0.1) is 0 Å². The molecule has 2 aromatic carbocycles. The molecule has 0 spiro atoms. The van der Waals surface area contributed by atoms with Gasteiger partial charge in [-0.1, -0.05) is 15.9 Å². The zero-order chi connectivity index (χ0) is 15.4. The summed E-state index contributed by atoms with van der Waals surface area (Å²) < 4.78 is 12.2. The van der Waals surface area contributed by atoms with Crippen LogP contribution < -0.4 is 9.47 Å². The van der Waals surface area contributed by atoms with Gasteiger partial charge in [0.2, 0.25) is 0 Å². The van der Waals surface area contributed by atoms with Crippen molar-refractivity contribution in [3.63, 3.8) is 0 Å². The summed E-state index contributed by atoms with van der Waals surface area (Å²) in [6.45, 7) is 3.91. The van der Waals surface area contributed by atoms with Crippen LogP contribution in [0.1, 0.15) is 28.4 Å². The van der Waals surface area contributed by atoms with Crippen LogP contribution in [0.4, 0.5) is 0 Å². The second-order valence-electron chi connectivity index (χ2n) is 4.78. The first-order chi connectivity index (χ1) is 10.0. The molecule has 0 heterocycles. The number of halogens is 1. The summed E-state index contributed by atoms with van der Waals surface area (Å²) in [5, 5.41) is 0. The molecule has 21 heavy (non-hydrogen) atoms. The minimum absolute atomic E-state index is 0.0263. The van der Waals surface area contributed by atoms with E-state index in [0.29, 0.717) is 17.9 Å². The Kier molecular flexibility index (Phi) is 5.02. The Hall–Kier alpha value is -1.81. The van der Waals surface area contributed by atoms with E-state index in [1.807, 2.05) is 31.2 Å². The van der Waals surface area contributed by atoms with Gasteiger partial charge < -0.3 is 9.47 Å². The number of hydrogen-bond acceptors (Lipinski definition) is 3. The van der Waals surface area contributed by atoms with Crippen molar-refractivity contribution in [2.45, 2.75) is 20.5 Å². The lowest BCUT2D eigenvalue weighted by molar-refractivity contribution is 0.101. The Morgan fingerprint density at radius 3 is 2.57 bits per heavy atom. The van der Waals surface area contributed by atoms with E-state index in [4.69, 9.17) is 9.47 Å². The molecule has 110 valence electrons. The zero-order valence-corrected chi connectivity index (χ0v) is 13.9. The number of carbonyl (C=O) groups is 1. The second kappa shape index (κ2) is 6.76. The number of benzene rings is 2. The molecule has 0 saturated carbocycles. The van der Waals surface area contributed by atoms with Gasteiger partial charge in [-0.25, -0.2) is 0 Å². The lowest BCUT2D eigenvalue weighted by Crippen LogP contribution is -2.02. The maximum Gasteiger partial charge on any atom is 0.159 e. The van der Waals surface area contributed by atoms with Crippen LogP contribution in [0.5, 0.6) is 11.5 Å². The maximum absolute atomic E-state index is 11.5. The Morgan fingerprint density at radius 2 is 1.95 bits per heavy atom. The number of aryl methyl sites for hydroxylation is 1. The molecule has 0 aliphatic heterocycles. The number of ketones is 1. The third-order valence-electron chi connectivity index (χ3n) is 3.21. The number of Topliss-reactive ketones (excluding diaryl/α,β-unsaturated/α-hetero) is 1. The van der Waals surface area contributed by atoms with Crippen LogP contribution in [0.2, 0.25) is 0 Å². The zero-order valence-electron chi connectivity index (χ0n) is 12.3. The van der Waals surface area contributed by atoms with Crippen LogP contribution in [0.25, 0.3) is 0 Å². The van der Waals surface area contributed by atoms with Gasteiger partial charge in [-0.3, -0.25) is 4.79 Å². The minimum atomic E-state index is 0.0263. The summed E-state index contributed by atoms with van der Waals surface area (Å²) in [5.41, 5.74) is 2.61. The van der Waals surface area contributed by atoms with Crippen molar-refractivity contribution in [2.24, 2.45) is 0 Å². The standard InChI is InChI=1S/C17H17BrO3/c1-11-8-15(5-6-16(11)18)21-10-14-9-13(12(2)19)4-7-17(14)20-3/h4-9H,10H2,1-3H3. The molecule has 0 bridgehead atoms. The van der Waals surface area contributed by atoms with Crippen molar-refractivity contribution in [3.8, 4) is 11.5 Å². The highest BCUT2D eigenvalue weighted by Gasteiger charge is 2.08. The summed E-state index contributed by atoms with van der Waals surface area (Å²) in [4.78, 5) is 11.5. The predicted molar refractivity (Wildman–Crippen MR) is 86.2 cm³/mol. The first-order valence-corrected chi connectivity index (χ1v) is 7.37. The highest BCUT2D eigenvalue weighted by molar-refractivity contribution is 9.10. The van der Waals surface area contributed by atoms with Crippen LogP contribution in [0.3, 0.4) is 0 Å². The fraction of sp³-hybridized carbons (Fsp3) is 0.235. The summed E-state index contributed by atoms with van der Waals surface area (Å²) in [5.74, 6) is 1.53. The van der Waals surface area contributed by atoms with E-state index in [1.54, 1.807) is 26.2 Å². The van der Waals surface area contributed by atoms with Crippen molar-refractivity contribution in [3.05, 3.63) is 57.6 Å². The van der Waals surface area contributed by atoms with E-state index in [0.717, 1.165) is 21.3 Å². The summed E-state index contributed by atoms with van der Waals surface area (Å²) in [7, 11) is 1.61. The molecule has 0 atom stereocenters. The van der Waals surface area contributed by atoms with Gasteiger partial charge in [-0.05, 0) is 55.8 Å². The van der Waals surface area contributed by atoms with Crippen LogP contribution in [-0.4, -0.2) is 12.9 Å². The topological polar surface area (TPSA) is 35.5 Å². The summed E-state index contributed by atoms with van der Waals surface area (Å²) in [6.07, 6.45) is 0. The average Bonchev–Trinajstić information content (AvgIpc) is 2.48. The normalized spacial score (nSPS) is 10.3. The Bertz CT molecular complexity index is 665. The van der Waals surface area contributed by atoms with Gasteiger partial charge in [-0.2, -0.15) is 0 Å². The molecule has 0 aliphatic carbocycles. The van der Waals surface area contributed by atoms with Gasteiger partial charge in [0, 0.05) is 15.6 Å². The van der Waals surface area contributed by atoms with E-state index in [-0.39, 0.29) is 5.78 Å². The number of carbonyl (C=O) groups excluding carboxylic acids is 1. The SMILES string of the molecule is COc1ccc(C(C)=O)cc1COc1ccc(Br)c(C)c1.